The molecule has 1 aromatic rings. The van der Waals surface area contributed by atoms with Crippen LogP contribution in [0.5, 0.6) is 0 Å². The minimum absolute atomic E-state index is 0.126. The Morgan fingerprint density at radius 2 is 0.346 bits per heavy atom. The topological polar surface area (TPSA) is 3.24 Å². The van der Waals surface area contributed by atoms with Crippen LogP contribution in [0.15, 0.2) is 6.07 Å². The van der Waals surface area contributed by atoms with Crippen LogP contribution in [0.4, 0.5) is 0 Å². The van der Waals surface area contributed by atoms with E-state index in [4.69, 9.17) is 0 Å². The third-order valence-corrected chi connectivity index (χ3v) is 25.5. The Morgan fingerprint density at radius 3 is 0.577 bits per heavy atom. The summed E-state index contributed by atoms with van der Waals surface area (Å²) in [6.45, 7) is 21.7. The standard InChI is InChI=1S/C103H201N/c1-9-17-25-33-41-49-57-65-73-81-89-98-97-102(101(92-84-76-68-60-52-44-36-28-20-12-4)100(91-83-75-67-59-51-43-35-27-19-11-3)99(98)90-82-74-66-58-50-42-34-26-18-10-2)103(93-85-77-69-61-53-45-37-29-21-13-5,94-86-78-70-62-54-46-38-30-22-14-6)104(95-87-79-71-63-55-47-39-31-23-15-7)96-88-80-72-64-56-48-40-32-24-16-8/h97H,9-96H2,1-8H3. The number of aryl methyl sites for hydroxylation is 1. The van der Waals surface area contributed by atoms with Crippen LogP contribution in [0.25, 0.3) is 0 Å². The van der Waals surface area contributed by atoms with E-state index < -0.39 is 0 Å². The van der Waals surface area contributed by atoms with Crippen molar-refractivity contribution >= 4 is 0 Å². The molecule has 0 aliphatic carbocycles. The number of rotatable bonds is 90. The van der Waals surface area contributed by atoms with Gasteiger partial charge >= 0.3 is 0 Å². The van der Waals surface area contributed by atoms with E-state index >= 15 is 0 Å². The van der Waals surface area contributed by atoms with Crippen LogP contribution in [0.3, 0.4) is 0 Å². The molecule has 0 radical (unpaired) electrons. The average Bonchev–Trinajstić information content (AvgIpc) is 0.748. The molecule has 0 aromatic heterocycles. The summed E-state index contributed by atoms with van der Waals surface area (Å²) in [6, 6.07) is 3.17. The van der Waals surface area contributed by atoms with Crippen LogP contribution in [-0.2, 0) is 31.2 Å². The molecule has 0 amide bonds. The van der Waals surface area contributed by atoms with E-state index in [1.54, 1.807) is 0 Å². The average molecular weight is 1450 g/mol. The molecule has 0 fully saturated rings. The van der Waals surface area contributed by atoms with Gasteiger partial charge in [-0.3, -0.25) is 4.90 Å². The summed E-state index contributed by atoms with van der Waals surface area (Å²) in [7, 11) is 0. The van der Waals surface area contributed by atoms with Crippen LogP contribution in [-0.4, -0.2) is 18.0 Å². The zero-order valence-electron chi connectivity index (χ0n) is 74.2. The summed E-state index contributed by atoms with van der Waals surface area (Å²) < 4.78 is 0. The Morgan fingerprint density at radius 1 is 0.173 bits per heavy atom. The molecule has 0 bridgehead atoms. The van der Waals surface area contributed by atoms with Gasteiger partial charge in [0.25, 0.3) is 0 Å². The summed E-state index contributed by atoms with van der Waals surface area (Å²) in [5.41, 5.74) is 9.87. The lowest BCUT2D eigenvalue weighted by atomic mass is 9.71. The summed E-state index contributed by atoms with van der Waals surface area (Å²) in [6.07, 6.45) is 123. The largest absolute Gasteiger partial charge is 0.294 e. The van der Waals surface area contributed by atoms with Crippen molar-refractivity contribution in [3.63, 3.8) is 0 Å². The molecule has 0 aliphatic heterocycles. The Bertz CT molecular complexity index is 1720. The molecule has 0 spiro atoms. The second-order valence-corrected chi connectivity index (χ2v) is 35.5. The van der Waals surface area contributed by atoms with Gasteiger partial charge < -0.3 is 0 Å². The number of hydrogen-bond donors (Lipinski definition) is 0. The molecule has 0 N–H and O–H groups in total. The highest BCUT2D eigenvalue weighted by Gasteiger charge is 2.40. The van der Waals surface area contributed by atoms with E-state index in [0.29, 0.717) is 0 Å². The maximum atomic E-state index is 3.41. The normalized spacial score (nSPS) is 12.0. The number of benzene rings is 1. The van der Waals surface area contributed by atoms with E-state index in [0.717, 1.165) is 0 Å². The summed E-state index contributed by atoms with van der Waals surface area (Å²) in [5.74, 6) is 0. The molecule has 104 heavy (non-hydrogen) atoms. The van der Waals surface area contributed by atoms with Crippen LogP contribution in [0.2, 0.25) is 0 Å². The van der Waals surface area contributed by atoms with Gasteiger partial charge in [-0.25, -0.2) is 0 Å². The first kappa shape index (κ1) is 101. The van der Waals surface area contributed by atoms with Crippen molar-refractivity contribution in [1.29, 1.82) is 0 Å². The van der Waals surface area contributed by atoms with E-state index in [1.165, 1.54) is 565 Å². The molecule has 0 unspecified atom stereocenters. The van der Waals surface area contributed by atoms with Crippen LogP contribution < -0.4 is 0 Å². The highest BCUT2D eigenvalue weighted by molar-refractivity contribution is 5.50. The minimum atomic E-state index is 0.126. The molecule has 1 nitrogen and oxygen atoms in total. The highest BCUT2D eigenvalue weighted by Crippen LogP contribution is 2.46. The van der Waals surface area contributed by atoms with Crippen LogP contribution in [0, 0.1) is 0 Å². The van der Waals surface area contributed by atoms with Crippen LogP contribution in [0.1, 0.15) is 610 Å². The highest BCUT2D eigenvalue weighted by atomic mass is 15.2. The first-order chi connectivity index (χ1) is 51.5. The molecule has 0 saturated heterocycles. The van der Waals surface area contributed by atoms with Crippen molar-refractivity contribution in [2.45, 2.75) is 613 Å². The van der Waals surface area contributed by atoms with E-state index in [-0.39, 0.29) is 5.54 Å². The zero-order chi connectivity index (χ0) is 74.9. The van der Waals surface area contributed by atoms with Crippen molar-refractivity contribution in [3.05, 3.63) is 33.9 Å². The SMILES string of the molecule is CCCCCCCCCCCCc1cc(C(CCCCCCCCCCCC)(CCCCCCCCCCCC)N(CCCCCCCCCCCC)CCCCCCCCCCCC)c(CCCCCCCCCCCC)c(CCCCCCCCCCCC)c1CCCCCCCCCCCC. The second kappa shape index (κ2) is 83.1. The summed E-state index contributed by atoms with van der Waals surface area (Å²) in [5, 5.41) is 0. The molecule has 0 saturated carbocycles. The van der Waals surface area contributed by atoms with Gasteiger partial charge in [0.2, 0.25) is 0 Å². The molecule has 0 heterocycles. The number of nitrogens with zero attached hydrogens (tertiary/aromatic N) is 1. The van der Waals surface area contributed by atoms with Gasteiger partial charge in [-0.1, -0.05) is 537 Å². The maximum Gasteiger partial charge on any atom is 0.0463 e. The van der Waals surface area contributed by atoms with Gasteiger partial charge in [0, 0.05) is 5.54 Å². The summed E-state index contributed by atoms with van der Waals surface area (Å²) >= 11 is 0. The van der Waals surface area contributed by atoms with Crippen molar-refractivity contribution in [2.24, 2.45) is 0 Å². The van der Waals surface area contributed by atoms with E-state index in [1.807, 2.05) is 27.8 Å². The lowest BCUT2D eigenvalue weighted by Crippen LogP contribution is -2.48. The summed E-state index contributed by atoms with van der Waals surface area (Å²) in [4.78, 5) is 3.41. The molecular formula is C103H201N. The third kappa shape index (κ3) is 60.9. The van der Waals surface area contributed by atoms with Crippen LogP contribution >= 0.6 is 0 Å². The van der Waals surface area contributed by atoms with Crippen molar-refractivity contribution < 1.29 is 0 Å². The Labute approximate surface area is 661 Å². The Hall–Kier alpha value is -0.820. The fraction of sp³-hybridized carbons (Fsp3) is 0.942. The van der Waals surface area contributed by atoms with Crippen molar-refractivity contribution in [3.8, 4) is 0 Å². The van der Waals surface area contributed by atoms with Gasteiger partial charge in [0.05, 0.1) is 0 Å². The number of hydrogen-bond acceptors (Lipinski definition) is 1. The van der Waals surface area contributed by atoms with Gasteiger partial charge in [-0.15, -0.1) is 0 Å². The van der Waals surface area contributed by atoms with Crippen molar-refractivity contribution in [1.82, 2.24) is 4.90 Å². The third-order valence-electron chi connectivity index (χ3n) is 25.5. The van der Waals surface area contributed by atoms with Crippen molar-refractivity contribution in [2.75, 3.05) is 13.1 Å². The van der Waals surface area contributed by atoms with Gasteiger partial charge in [0.15, 0.2) is 0 Å². The maximum absolute atomic E-state index is 3.41. The van der Waals surface area contributed by atoms with E-state index in [2.05, 4.69) is 66.4 Å². The zero-order valence-corrected chi connectivity index (χ0v) is 74.2. The predicted molar refractivity (Wildman–Crippen MR) is 478 cm³/mol. The molecule has 0 atom stereocenters. The monoisotopic (exact) mass is 1450 g/mol. The molecular weight excluding hydrogens is 1250 g/mol. The van der Waals surface area contributed by atoms with Gasteiger partial charge in [0.1, 0.15) is 0 Å². The second-order valence-electron chi connectivity index (χ2n) is 35.5. The quantitative estimate of drug-likeness (QED) is 0.0588. The Balaban J connectivity index is 4.51. The molecule has 1 rings (SSSR count). The van der Waals surface area contributed by atoms with Gasteiger partial charge in [-0.2, -0.15) is 0 Å². The minimum Gasteiger partial charge on any atom is -0.294 e. The fourth-order valence-electron chi connectivity index (χ4n) is 18.4. The smallest absolute Gasteiger partial charge is 0.0463 e. The van der Waals surface area contributed by atoms with Gasteiger partial charge in [-0.05, 0) is 118 Å². The number of unbranched alkanes of at least 4 members (excludes halogenated alkanes) is 72. The van der Waals surface area contributed by atoms with E-state index in [9.17, 15) is 0 Å². The fourth-order valence-corrected chi connectivity index (χ4v) is 18.4. The molecule has 1 aromatic carbocycles. The first-order valence-corrected chi connectivity index (χ1v) is 50.5. The predicted octanol–water partition coefficient (Wildman–Crippen LogP) is 37.5. The molecule has 1 heteroatoms. The lowest BCUT2D eigenvalue weighted by molar-refractivity contribution is 0.0552. The first-order valence-electron chi connectivity index (χ1n) is 50.5. The Kier molecular flexibility index (Phi) is 80.9. The molecule has 0 aliphatic rings. The lowest BCUT2D eigenvalue weighted by Gasteiger charge is -2.48. The molecule has 618 valence electrons.